The predicted octanol–water partition coefficient (Wildman–Crippen LogP) is 0.916. The van der Waals surface area contributed by atoms with Gasteiger partial charge in [-0.15, -0.1) is 19.7 Å². The fraction of sp³-hybridized carbons (Fsp3) is 0.647. The van der Waals surface area contributed by atoms with Gasteiger partial charge in [-0.1, -0.05) is 25.2 Å². The van der Waals surface area contributed by atoms with Gasteiger partial charge in [-0.3, -0.25) is 0 Å². The SMILES string of the molecule is C=CCOCC=C.C=CCOCCO.CCC(CO)(CO)CO. The third-order valence-corrected chi connectivity index (χ3v) is 2.70. The first kappa shape index (κ1) is 26.9. The van der Waals surface area contributed by atoms with Gasteiger partial charge in [0.1, 0.15) is 0 Å². The minimum atomic E-state index is -0.667. The number of hydrogen-bond donors (Lipinski definition) is 4. The zero-order valence-corrected chi connectivity index (χ0v) is 14.3. The molecule has 0 aliphatic heterocycles. The smallest absolute Gasteiger partial charge is 0.0701 e. The molecule has 0 saturated carbocycles. The van der Waals surface area contributed by atoms with E-state index in [0.717, 1.165) is 0 Å². The number of hydrogen-bond acceptors (Lipinski definition) is 6. The van der Waals surface area contributed by atoms with Crippen LogP contribution < -0.4 is 0 Å². The predicted molar refractivity (Wildman–Crippen MR) is 93.3 cm³/mol. The number of ether oxygens (including phenoxy) is 2. The van der Waals surface area contributed by atoms with Crippen molar-refractivity contribution < 1.29 is 29.9 Å². The molecule has 6 heteroatoms. The molecule has 0 spiro atoms. The summed E-state index contributed by atoms with van der Waals surface area (Å²) >= 11 is 0. The van der Waals surface area contributed by atoms with Crippen LogP contribution in [-0.2, 0) is 9.47 Å². The standard InChI is InChI=1S/C6H14O3.C6H10O.C5H10O2/c1-2-6(3-7,4-8)5-9;1-3-5-7-6-4-2;1-2-4-7-5-3-6/h7-9H,2-5H2,1H3;3-4H,1-2,5-6H2;2,6H,1,3-5H2. The van der Waals surface area contributed by atoms with Gasteiger partial charge in [0.15, 0.2) is 0 Å². The first-order valence-electron chi connectivity index (χ1n) is 7.49. The summed E-state index contributed by atoms with van der Waals surface area (Å²) in [6.07, 6.45) is 5.67. The lowest BCUT2D eigenvalue weighted by molar-refractivity contribution is 0.00304. The molecule has 0 aromatic rings. The Morgan fingerprint density at radius 1 is 0.783 bits per heavy atom. The van der Waals surface area contributed by atoms with Crippen LogP contribution in [0.1, 0.15) is 13.3 Å². The van der Waals surface area contributed by atoms with Crippen LogP contribution in [0.25, 0.3) is 0 Å². The van der Waals surface area contributed by atoms with Crippen molar-refractivity contribution in [2.24, 2.45) is 5.41 Å². The average molecular weight is 334 g/mol. The van der Waals surface area contributed by atoms with E-state index in [2.05, 4.69) is 19.7 Å². The Balaban J connectivity index is -0.000000264. The Kier molecular flexibility index (Phi) is 27.1. The Hall–Kier alpha value is -1.02. The van der Waals surface area contributed by atoms with Gasteiger partial charge in [-0.2, -0.15) is 0 Å². The van der Waals surface area contributed by atoms with Crippen LogP contribution in [0.2, 0.25) is 0 Å². The summed E-state index contributed by atoms with van der Waals surface area (Å²) in [7, 11) is 0. The molecule has 0 aliphatic rings. The van der Waals surface area contributed by atoms with Crippen LogP contribution in [0, 0.1) is 5.41 Å². The maximum absolute atomic E-state index is 8.66. The lowest BCUT2D eigenvalue weighted by Crippen LogP contribution is -2.32. The van der Waals surface area contributed by atoms with Crippen molar-refractivity contribution in [3.63, 3.8) is 0 Å². The molecule has 0 aromatic carbocycles. The minimum absolute atomic E-state index is 0.0911. The maximum atomic E-state index is 8.66. The highest BCUT2D eigenvalue weighted by Gasteiger charge is 2.24. The Morgan fingerprint density at radius 3 is 1.39 bits per heavy atom. The molecule has 6 nitrogen and oxygen atoms in total. The lowest BCUT2D eigenvalue weighted by Gasteiger charge is -2.24. The summed E-state index contributed by atoms with van der Waals surface area (Å²) < 4.78 is 9.66. The summed E-state index contributed by atoms with van der Waals surface area (Å²) in [5.41, 5.74) is -0.667. The molecule has 138 valence electrons. The highest BCUT2D eigenvalue weighted by atomic mass is 16.5. The molecule has 0 aliphatic carbocycles. The summed E-state index contributed by atoms with van der Waals surface area (Å²) in [5, 5.41) is 34.1. The van der Waals surface area contributed by atoms with Crippen LogP contribution in [0.3, 0.4) is 0 Å². The third kappa shape index (κ3) is 21.0. The maximum Gasteiger partial charge on any atom is 0.0701 e. The van der Waals surface area contributed by atoms with E-state index in [4.69, 9.17) is 29.9 Å². The van der Waals surface area contributed by atoms with Gasteiger partial charge in [0, 0.05) is 5.41 Å². The van der Waals surface area contributed by atoms with Crippen molar-refractivity contribution in [1.29, 1.82) is 0 Å². The van der Waals surface area contributed by atoms with Crippen LogP contribution >= 0.6 is 0 Å². The topological polar surface area (TPSA) is 99.4 Å². The molecule has 0 aromatic heterocycles. The van der Waals surface area contributed by atoms with Crippen LogP contribution in [0.4, 0.5) is 0 Å². The molecule has 0 bridgehead atoms. The molecule has 0 unspecified atom stereocenters. The number of aliphatic hydroxyl groups is 4. The van der Waals surface area contributed by atoms with Gasteiger partial charge in [-0.05, 0) is 6.42 Å². The van der Waals surface area contributed by atoms with E-state index in [-0.39, 0.29) is 26.4 Å². The van der Waals surface area contributed by atoms with E-state index < -0.39 is 5.41 Å². The van der Waals surface area contributed by atoms with Gasteiger partial charge in [0.25, 0.3) is 0 Å². The van der Waals surface area contributed by atoms with Crippen LogP contribution in [-0.4, -0.2) is 73.3 Å². The van der Waals surface area contributed by atoms with Gasteiger partial charge in [-0.25, -0.2) is 0 Å². The van der Waals surface area contributed by atoms with E-state index >= 15 is 0 Å². The Labute approximate surface area is 140 Å². The fourth-order valence-corrected chi connectivity index (χ4v) is 0.951. The lowest BCUT2D eigenvalue weighted by atomic mass is 9.88. The molecule has 0 rings (SSSR count). The number of aliphatic hydroxyl groups excluding tert-OH is 4. The second-order valence-electron chi connectivity index (χ2n) is 4.53. The van der Waals surface area contributed by atoms with Crippen molar-refractivity contribution in [1.82, 2.24) is 0 Å². The molecule has 0 saturated heterocycles. The first-order valence-corrected chi connectivity index (χ1v) is 7.49. The van der Waals surface area contributed by atoms with Gasteiger partial charge in [0.05, 0.1) is 52.9 Å². The molecule has 23 heavy (non-hydrogen) atoms. The van der Waals surface area contributed by atoms with E-state index in [1.807, 2.05) is 6.92 Å². The van der Waals surface area contributed by atoms with Gasteiger partial charge >= 0.3 is 0 Å². The van der Waals surface area contributed by atoms with Crippen LogP contribution in [0.5, 0.6) is 0 Å². The van der Waals surface area contributed by atoms with Crippen molar-refractivity contribution in [3.8, 4) is 0 Å². The molecule has 4 N–H and O–H groups in total. The largest absolute Gasteiger partial charge is 0.396 e. The molecule has 0 amide bonds. The quantitative estimate of drug-likeness (QED) is 0.313. The van der Waals surface area contributed by atoms with Crippen molar-refractivity contribution >= 4 is 0 Å². The number of rotatable bonds is 12. The average Bonchev–Trinajstić information content (AvgIpc) is 2.60. The van der Waals surface area contributed by atoms with Crippen molar-refractivity contribution in [2.75, 3.05) is 52.9 Å². The molecule has 0 fully saturated rings. The van der Waals surface area contributed by atoms with Crippen molar-refractivity contribution in [2.45, 2.75) is 13.3 Å². The van der Waals surface area contributed by atoms with Gasteiger partial charge in [0.2, 0.25) is 0 Å². The molecular formula is C17H34O6. The second-order valence-corrected chi connectivity index (χ2v) is 4.53. The zero-order chi connectivity index (χ0) is 18.4. The monoisotopic (exact) mass is 334 g/mol. The van der Waals surface area contributed by atoms with Gasteiger partial charge < -0.3 is 29.9 Å². The highest BCUT2D eigenvalue weighted by molar-refractivity contribution is 4.74. The van der Waals surface area contributed by atoms with E-state index in [1.165, 1.54) is 0 Å². The summed E-state index contributed by atoms with van der Waals surface area (Å²) in [6, 6.07) is 0. The fourth-order valence-electron chi connectivity index (χ4n) is 0.951. The van der Waals surface area contributed by atoms with E-state index in [1.54, 1.807) is 18.2 Å². The highest BCUT2D eigenvalue weighted by Crippen LogP contribution is 2.18. The summed E-state index contributed by atoms with van der Waals surface area (Å²) in [6.45, 7) is 14.0. The Morgan fingerprint density at radius 2 is 1.17 bits per heavy atom. The second kappa shape index (κ2) is 23.2. The van der Waals surface area contributed by atoms with Crippen LogP contribution in [0.15, 0.2) is 38.0 Å². The zero-order valence-electron chi connectivity index (χ0n) is 14.3. The minimum Gasteiger partial charge on any atom is -0.396 e. The van der Waals surface area contributed by atoms with Crippen molar-refractivity contribution in [3.05, 3.63) is 38.0 Å². The third-order valence-electron chi connectivity index (χ3n) is 2.70. The molecular weight excluding hydrogens is 300 g/mol. The summed E-state index contributed by atoms with van der Waals surface area (Å²) in [5.74, 6) is 0. The molecule has 0 heterocycles. The normalized spacial score (nSPS) is 9.78. The molecule has 0 radical (unpaired) electrons. The molecule has 0 atom stereocenters. The van der Waals surface area contributed by atoms with E-state index in [0.29, 0.717) is 32.8 Å². The summed E-state index contributed by atoms with van der Waals surface area (Å²) in [4.78, 5) is 0. The Bertz CT molecular complexity index is 226. The van der Waals surface area contributed by atoms with E-state index in [9.17, 15) is 0 Å². The first-order chi connectivity index (χ1) is 11.1.